The molecular formula is C3H4F2O2. The van der Waals surface area contributed by atoms with Crippen molar-refractivity contribution in [2.24, 2.45) is 0 Å². The molecule has 1 heterocycles. The molecule has 2 nitrogen and oxygen atoms in total. The van der Waals surface area contributed by atoms with Gasteiger partial charge in [0.05, 0.1) is 0 Å². The Labute approximate surface area is 39.0 Å². The number of ether oxygens (including phenoxy) is 2. The molecule has 0 N–H and O–H groups in total. The standard InChI is InChI=1S/C3H4F2O2/c4-2-3(5)7-1-6-2/h2-3H,1H2. The van der Waals surface area contributed by atoms with E-state index >= 15 is 0 Å². The topological polar surface area (TPSA) is 18.5 Å². The smallest absolute Gasteiger partial charge is 0.257 e. The van der Waals surface area contributed by atoms with Crippen LogP contribution in [-0.2, 0) is 9.47 Å². The maximum absolute atomic E-state index is 11.6. The number of alkyl halides is 2. The van der Waals surface area contributed by atoms with E-state index in [0.717, 1.165) is 0 Å². The number of rotatable bonds is 0. The minimum Gasteiger partial charge on any atom is -0.317 e. The fraction of sp³-hybridized carbons (Fsp3) is 1.00. The van der Waals surface area contributed by atoms with Crippen LogP contribution in [0.25, 0.3) is 0 Å². The van der Waals surface area contributed by atoms with Crippen LogP contribution in [0, 0.1) is 0 Å². The van der Waals surface area contributed by atoms with Crippen molar-refractivity contribution in [2.45, 2.75) is 12.7 Å². The molecule has 0 aliphatic carbocycles. The van der Waals surface area contributed by atoms with Gasteiger partial charge in [0.25, 0.3) is 12.7 Å². The van der Waals surface area contributed by atoms with E-state index in [1.807, 2.05) is 0 Å². The Hall–Kier alpha value is -0.220. The van der Waals surface area contributed by atoms with E-state index in [-0.39, 0.29) is 6.79 Å². The second kappa shape index (κ2) is 1.71. The molecule has 0 saturated carbocycles. The molecule has 0 aromatic heterocycles. The fourth-order valence-corrected chi connectivity index (χ4v) is 0.321. The maximum atomic E-state index is 11.6. The Morgan fingerprint density at radius 2 is 1.57 bits per heavy atom. The van der Waals surface area contributed by atoms with Gasteiger partial charge in [-0.2, -0.15) is 0 Å². The lowest BCUT2D eigenvalue weighted by Crippen LogP contribution is -2.09. The van der Waals surface area contributed by atoms with Crippen LogP contribution >= 0.6 is 0 Å². The third-order valence-electron chi connectivity index (χ3n) is 0.661. The van der Waals surface area contributed by atoms with E-state index in [1.54, 1.807) is 0 Å². The van der Waals surface area contributed by atoms with Crippen LogP contribution in [0.2, 0.25) is 0 Å². The molecule has 7 heavy (non-hydrogen) atoms. The van der Waals surface area contributed by atoms with Gasteiger partial charge in [-0.1, -0.05) is 0 Å². The third kappa shape index (κ3) is 0.863. The summed E-state index contributed by atoms with van der Waals surface area (Å²) < 4.78 is 31.2. The van der Waals surface area contributed by atoms with Crippen molar-refractivity contribution < 1.29 is 18.3 Å². The number of halogens is 2. The summed E-state index contributed by atoms with van der Waals surface area (Å²) in [7, 11) is 0. The van der Waals surface area contributed by atoms with E-state index in [1.165, 1.54) is 0 Å². The fourth-order valence-electron chi connectivity index (χ4n) is 0.321. The number of hydrogen-bond donors (Lipinski definition) is 0. The Balaban J connectivity index is 2.33. The Kier molecular flexibility index (Phi) is 1.21. The lowest BCUT2D eigenvalue weighted by Gasteiger charge is -1.94. The molecule has 1 saturated heterocycles. The summed E-state index contributed by atoms with van der Waals surface area (Å²) in [6, 6.07) is 0. The van der Waals surface area contributed by atoms with Gasteiger partial charge in [0.1, 0.15) is 0 Å². The van der Waals surface area contributed by atoms with Crippen LogP contribution in [0.15, 0.2) is 0 Å². The van der Waals surface area contributed by atoms with E-state index in [2.05, 4.69) is 9.47 Å². The van der Waals surface area contributed by atoms with E-state index < -0.39 is 12.7 Å². The zero-order valence-corrected chi connectivity index (χ0v) is 3.43. The minimum absolute atomic E-state index is 0.275. The molecule has 1 aliphatic rings. The lowest BCUT2D eigenvalue weighted by molar-refractivity contribution is -0.0349. The molecule has 0 aromatic rings. The third-order valence-corrected chi connectivity index (χ3v) is 0.661. The van der Waals surface area contributed by atoms with Gasteiger partial charge in [0.15, 0.2) is 6.79 Å². The summed E-state index contributed by atoms with van der Waals surface area (Å²) in [5, 5.41) is 0. The Morgan fingerprint density at radius 3 is 1.71 bits per heavy atom. The van der Waals surface area contributed by atoms with E-state index in [0.29, 0.717) is 0 Å². The molecule has 0 spiro atoms. The van der Waals surface area contributed by atoms with Crippen LogP contribution in [0.1, 0.15) is 0 Å². The van der Waals surface area contributed by atoms with Crippen molar-refractivity contribution in [3.8, 4) is 0 Å². The van der Waals surface area contributed by atoms with Crippen LogP contribution in [0.3, 0.4) is 0 Å². The SMILES string of the molecule is FC1OCOC1F. The quantitative estimate of drug-likeness (QED) is 0.454. The van der Waals surface area contributed by atoms with Crippen LogP contribution < -0.4 is 0 Å². The Bertz CT molecular complexity index is 60.0. The summed E-state index contributed by atoms with van der Waals surface area (Å²) in [6.45, 7) is -0.275. The van der Waals surface area contributed by atoms with Crippen LogP contribution in [0.5, 0.6) is 0 Å². The van der Waals surface area contributed by atoms with Gasteiger partial charge in [-0.05, 0) is 0 Å². The van der Waals surface area contributed by atoms with Gasteiger partial charge in [0, 0.05) is 0 Å². The molecule has 2 unspecified atom stereocenters. The first kappa shape index (κ1) is 4.93. The summed E-state index contributed by atoms with van der Waals surface area (Å²) in [5.74, 6) is 0. The first-order valence-corrected chi connectivity index (χ1v) is 1.82. The van der Waals surface area contributed by atoms with Crippen molar-refractivity contribution in [3.63, 3.8) is 0 Å². The van der Waals surface area contributed by atoms with E-state index in [4.69, 9.17) is 0 Å². The molecule has 0 radical (unpaired) electrons. The number of hydrogen-bond acceptors (Lipinski definition) is 2. The zero-order chi connectivity index (χ0) is 5.28. The predicted octanol–water partition coefficient (Wildman–Crippen LogP) is 0.582. The molecule has 42 valence electrons. The highest BCUT2D eigenvalue weighted by molar-refractivity contribution is 4.48. The largest absolute Gasteiger partial charge is 0.317 e. The van der Waals surface area contributed by atoms with Gasteiger partial charge in [-0.25, -0.2) is 8.78 Å². The first-order chi connectivity index (χ1) is 3.30. The average molecular weight is 110 g/mol. The van der Waals surface area contributed by atoms with Crippen LogP contribution in [-0.4, -0.2) is 19.5 Å². The van der Waals surface area contributed by atoms with Crippen molar-refractivity contribution in [1.29, 1.82) is 0 Å². The molecular weight excluding hydrogens is 106 g/mol. The molecule has 1 fully saturated rings. The normalized spacial score (nSPS) is 42.0. The zero-order valence-electron chi connectivity index (χ0n) is 3.43. The molecule has 2 atom stereocenters. The summed E-state index contributed by atoms with van der Waals surface area (Å²) in [4.78, 5) is 0. The lowest BCUT2D eigenvalue weighted by atomic mass is 10.7. The average Bonchev–Trinajstić information content (AvgIpc) is 1.91. The maximum Gasteiger partial charge on any atom is 0.257 e. The minimum atomic E-state index is -1.88. The molecule has 1 aliphatic heterocycles. The van der Waals surface area contributed by atoms with Crippen molar-refractivity contribution >= 4 is 0 Å². The van der Waals surface area contributed by atoms with Gasteiger partial charge >= 0.3 is 0 Å². The van der Waals surface area contributed by atoms with Crippen molar-refractivity contribution in [2.75, 3.05) is 6.79 Å². The van der Waals surface area contributed by atoms with Gasteiger partial charge in [0.2, 0.25) is 0 Å². The van der Waals surface area contributed by atoms with Gasteiger partial charge in [-0.15, -0.1) is 0 Å². The summed E-state index contributed by atoms with van der Waals surface area (Å²) in [5.41, 5.74) is 0. The Morgan fingerprint density at radius 1 is 1.14 bits per heavy atom. The highest BCUT2D eigenvalue weighted by Crippen LogP contribution is 2.13. The molecule has 0 aromatic carbocycles. The second-order valence-electron chi connectivity index (χ2n) is 1.15. The van der Waals surface area contributed by atoms with Crippen molar-refractivity contribution in [3.05, 3.63) is 0 Å². The molecule has 1 rings (SSSR count). The van der Waals surface area contributed by atoms with E-state index in [9.17, 15) is 8.78 Å². The molecule has 0 bridgehead atoms. The van der Waals surface area contributed by atoms with Gasteiger partial charge < -0.3 is 9.47 Å². The molecule has 0 amide bonds. The first-order valence-electron chi connectivity index (χ1n) is 1.82. The summed E-state index contributed by atoms with van der Waals surface area (Å²) >= 11 is 0. The monoisotopic (exact) mass is 110 g/mol. The molecule has 4 heteroatoms. The highest BCUT2D eigenvalue weighted by Gasteiger charge is 2.27. The second-order valence-corrected chi connectivity index (χ2v) is 1.15. The predicted molar refractivity (Wildman–Crippen MR) is 16.8 cm³/mol. The van der Waals surface area contributed by atoms with Crippen molar-refractivity contribution in [1.82, 2.24) is 0 Å². The van der Waals surface area contributed by atoms with Gasteiger partial charge in [-0.3, -0.25) is 0 Å². The highest BCUT2D eigenvalue weighted by atomic mass is 19.2. The van der Waals surface area contributed by atoms with Crippen LogP contribution in [0.4, 0.5) is 8.78 Å². The summed E-state index contributed by atoms with van der Waals surface area (Å²) in [6.07, 6.45) is -3.75.